The lowest BCUT2D eigenvalue weighted by Gasteiger charge is -2.35. The van der Waals surface area contributed by atoms with Crippen molar-refractivity contribution in [3.63, 3.8) is 0 Å². The molecule has 0 radical (unpaired) electrons. The Kier molecular flexibility index (Phi) is 4.63. The predicted molar refractivity (Wildman–Crippen MR) is 101 cm³/mol. The molecule has 158 valence electrons. The minimum absolute atomic E-state index is 0.142. The van der Waals surface area contributed by atoms with Gasteiger partial charge >= 0.3 is 11.9 Å². The number of piperazine rings is 1. The molecule has 0 aromatic carbocycles. The summed E-state index contributed by atoms with van der Waals surface area (Å²) in [6.45, 7) is 2.79. The van der Waals surface area contributed by atoms with Crippen molar-refractivity contribution in [1.82, 2.24) is 19.9 Å². The first-order valence-electron chi connectivity index (χ1n) is 9.01. The second-order valence-electron chi connectivity index (χ2n) is 6.90. The van der Waals surface area contributed by atoms with E-state index in [1.807, 2.05) is 4.90 Å². The Hall–Kier alpha value is -3.57. The van der Waals surface area contributed by atoms with Crippen LogP contribution in [0.4, 0.5) is 24.7 Å². The molecular weight excluding hydrogens is 405 g/mol. The van der Waals surface area contributed by atoms with Crippen molar-refractivity contribution in [3.05, 3.63) is 45.8 Å². The molecule has 1 fully saturated rings. The summed E-state index contributed by atoms with van der Waals surface area (Å²) < 4.78 is 45.3. The normalized spacial score (nSPS) is 15.1. The number of aromatic nitrogens is 3. The number of hydrogen-bond acceptors (Lipinski definition) is 7. The lowest BCUT2D eigenvalue weighted by atomic mass is 10.1. The maximum Gasteiger partial charge on any atom is 0.417 e. The average molecular weight is 422 g/mol. The molecule has 3 N–H and O–H groups in total. The van der Waals surface area contributed by atoms with E-state index in [1.54, 1.807) is 0 Å². The van der Waals surface area contributed by atoms with E-state index in [0.717, 1.165) is 12.1 Å². The largest absolute Gasteiger partial charge is 0.433 e. The first-order valence-corrected chi connectivity index (χ1v) is 9.01. The highest BCUT2D eigenvalue weighted by atomic mass is 19.4. The summed E-state index contributed by atoms with van der Waals surface area (Å²) in [6, 6.07) is 2.01. The van der Waals surface area contributed by atoms with Gasteiger partial charge in [0.2, 0.25) is 5.71 Å². The Morgan fingerprint density at radius 1 is 1.23 bits per heavy atom. The molecule has 0 saturated carbocycles. The van der Waals surface area contributed by atoms with Gasteiger partial charge in [-0.25, -0.2) is 9.78 Å². The summed E-state index contributed by atoms with van der Waals surface area (Å²) in [4.78, 5) is 37.3. The van der Waals surface area contributed by atoms with Gasteiger partial charge in [0.05, 0.1) is 22.8 Å². The molecule has 1 aliphatic heterocycles. The zero-order chi connectivity index (χ0) is 21.6. The van der Waals surface area contributed by atoms with Gasteiger partial charge in [0.15, 0.2) is 5.76 Å². The summed E-state index contributed by atoms with van der Waals surface area (Å²) in [5.41, 5.74) is 4.82. The van der Waals surface area contributed by atoms with Gasteiger partial charge in [-0.15, -0.1) is 0 Å². The second kappa shape index (κ2) is 7.04. The van der Waals surface area contributed by atoms with Crippen LogP contribution in [0.15, 0.2) is 27.5 Å². The molecule has 1 amide bonds. The number of hydrogen-bond donors (Lipinski definition) is 2. The van der Waals surface area contributed by atoms with Crippen molar-refractivity contribution in [2.24, 2.45) is 0 Å². The van der Waals surface area contributed by atoms with E-state index in [2.05, 4.69) is 15.0 Å². The fourth-order valence-electron chi connectivity index (χ4n) is 3.44. The molecule has 9 nitrogen and oxygen atoms in total. The highest BCUT2D eigenvalue weighted by molar-refractivity contribution is 5.96. The van der Waals surface area contributed by atoms with E-state index in [9.17, 15) is 22.8 Å². The van der Waals surface area contributed by atoms with E-state index in [1.165, 1.54) is 18.0 Å². The van der Waals surface area contributed by atoms with Gasteiger partial charge in [-0.1, -0.05) is 0 Å². The lowest BCUT2D eigenvalue weighted by Crippen LogP contribution is -2.49. The number of pyridine rings is 1. The second-order valence-corrected chi connectivity index (χ2v) is 6.90. The number of H-pyrrole nitrogens is 1. The third-order valence-electron chi connectivity index (χ3n) is 4.88. The van der Waals surface area contributed by atoms with Crippen LogP contribution in [0, 0.1) is 6.92 Å². The van der Waals surface area contributed by atoms with Crippen LogP contribution >= 0.6 is 0 Å². The Morgan fingerprint density at radius 3 is 2.57 bits per heavy atom. The Labute approximate surface area is 167 Å². The highest BCUT2D eigenvalue weighted by Gasteiger charge is 2.35. The van der Waals surface area contributed by atoms with Crippen LogP contribution in [0.1, 0.15) is 21.8 Å². The van der Waals surface area contributed by atoms with Gasteiger partial charge in [0.1, 0.15) is 5.82 Å². The molecule has 3 aromatic rings. The first kappa shape index (κ1) is 19.7. The van der Waals surface area contributed by atoms with Gasteiger partial charge in [-0.2, -0.15) is 18.2 Å². The van der Waals surface area contributed by atoms with E-state index >= 15 is 0 Å². The molecule has 1 saturated heterocycles. The number of nitrogen functional groups attached to an aromatic ring is 1. The fraction of sp³-hybridized carbons (Fsp3) is 0.333. The van der Waals surface area contributed by atoms with Gasteiger partial charge in [0, 0.05) is 31.9 Å². The SMILES string of the molecule is Cc1cc(C(F)(F)F)c2cc(C(=O)N3CCN(c4cnc(=O)[nH]c4N)CC3)oc2n1. The number of carbonyl (C=O) groups is 1. The van der Waals surface area contributed by atoms with E-state index in [0.29, 0.717) is 18.8 Å². The number of nitrogens with one attached hydrogen (secondary N) is 1. The number of nitrogens with two attached hydrogens (primary N) is 1. The monoisotopic (exact) mass is 422 g/mol. The molecule has 0 unspecified atom stereocenters. The molecular formula is C18H17F3N6O3. The Morgan fingerprint density at radius 2 is 1.93 bits per heavy atom. The summed E-state index contributed by atoms with van der Waals surface area (Å²) in [5, 5.41) is -0.248. The van der Waals surface area contributed by atoms with Crippen molar-refractivity contribution < 1.29 is 22.4 Å². The number of fused-ring (bicyclic) bond motifs is 1. The number of carbonyl (C=O) groups excluding carboxylic acids is 1. The maximum absolute atomic E-state index is 13.3. The van der Waals surface area contributed by atoms with E-state index in [-0.39, 0.29) is 41.5 Å². The molecule has 4 heterocycles. The van der Waals surface area contributed by atoms with Crippen LogP contribution < -0.4 is 16.3 Å². The zero-order valence-electron chi connectivity index (χ0n) is 15.8. The lowest BCUT2D eigenvalue weighted by molar-refractivity contribution is -0.136. The Bertz CT molecular complexity index is 1180. The molecule has 12 heteroatoms. The number of nitrogens with zero attached hydrogens (tertiary/aromatic N) is 4. The van der Waals surface area contributed by atoms with Crippen LogP contribution in [0.5, 0.6) is 0 Å². The molecule has 1 aliphatic rings. The summed E-state index contributed by atoms with van der Waals surface area (Å²) in [5.74, 6) is -0.550. The number of amides is 1. The number of aromatic amines is 1. The summed E-state index contributed by atoms with van der Waals surface area (Å²) >= 11 is 0. The van der Waals surface area contributed by atoms with Crippen LogP contribution in [-0.2, 0) is 6.18 Å². The number of aryl methyl sites for hydroxylation is 1. The molecule has 0 atom stereocenters. The third kappa shape index (κ3) is 3.55. The van der Waals surface area contributed by atoms with Crippen molar-refractivity contribution in [3.8, 4) is 0 Å². The topological polar surface area (TPSA) is 121 Å². The van der Waals surface area contributed by atoms with Crippen molar-refractivity contribution in [2.45, 2.75) is 13.1 Å². The highest BCUT2D eigenvalue weighted by Crippen LogP contribution is 2.36. The number of anilines is 2. The van der Waals surface area contributed by atoms with Crippen LogP contribution in [0.2, 0.25) is 0 Å². The van der Waals surface area contributed by atoms with Crippen molar-refractivity contribution in [2.75, 3.05) is 36.8 Å². The maximum atomic E-state index is 13.3. The molecule has 4 rings (SSSR count). The molecule has 30 heavy (non-hydrogen) atoms. The van der Waals surface area contributed by atoms with E-state index < -0.39 is 23.3 Å². The van der Waals surface area contributed by atoms with Gasteiger partial charge < -0.3 is 20.0 Å². The number of alkyl halides is 3. The van der Waals surface area contributed by atoms with Gasteiger partial charge in [-0.05, 0) is 19.1 Å². The number of furan rings is 1. The minimum Gasteiger partial charge on any atom is -0.433 e. The smallest absolute Gasteiger partial charge is 0.417 e. The summed E-state index contributed by atoms with van der Waals surface area (Å²) in [6.07, 6.45) is -3.23. The molecule has 0 aliphatic carbocycles. The standard InChI is InChI=1S/C18H17F3N6O3/c1-9-6-11(18(19,20)21)10-7-13(30-15(10)24-9)16(28)27-4-2-26(3-5-27)12-8-23-17(29)25-14(12)22/h6-8H,2-5H2,1H3,(H3,22,23,25,29). The third-order valence-corrected chi connectivity index (χ3v) is 4.88. The average Bonchev–Trinajstić information content (AvgIpc) is 3.10. The fourth-order valence-corrected chi connectivity index (χ4v) is 3.44. The predicted octanol–water partition coefficient (Wildman–Crippen LogP) is 1.78. The number of rotatable bonds is 2. The van der Waals surface area contributed by atoms with Crippen LogP contribution in [0.3, 0.4) is 0 Å². The minimum atomic E-state index is -4.59. The zero-order valence-corrected chi connectivity index (χ0v) is 15.8. The van der Waals surface area contributed by atoms with E-state index in [4.69, 9.17) is 10.2 Å². The Balaban J connectivity index is 1.54. The van der Waals surface area contributed by atoms with Crippen molar-refractivity contribution in [1.29, 1.82) is 0 Å². The first-order chi connectivity index (χ1) is 14.1. The van der Waals surface area contributed by atoms with Gasteiger partial charge in [-0.3, -0.25) is 9.78 Å². The molecule has 0 spiro atoms. The molecule has 0 bridgehead atoms. The van der Waals surface area contributed by atoms with Crippen LogP contribution in [0.25, 0.3) is 11.1 Å². The quantitative estimate of drug-likeness (QED) is 0.646. The van der Waals surface area contributed by atoms with Gasteiger partial charge in [0.25, 0.3) is 5.91 Å². The van der Waals surface area contributed by atoms with Crippen LogP contribution in [-0.4, -0.2) is 51.9 Å². The molecule has 3 aromatic heterocycles. The summed E-state index contributed by atoms with van der Waals surface area (Å²) in [7, 11) is 0. The van der Waals surface area contributed by atoms with Crippen molar-refractivity contribution >= 4 is 28.5 Å². The number of halogens is 3.